The number of aliphatic hydroxyl groups is 1. The molecule has 2 aromatic carbocycles. The highest BCUT2D eigenvalue weighted by Crippen LogP contribution is 2.46. The molecule has 2 aromatic rings. The van der Waals surface area contributed by atoms with E-state index in [9.17, 15) is 31.5 Å². The minimum atomic E-state index is -5.61. The SMILES string of the molecule is CC1(C)Oc2ccc(S(=O)(=O)C(F)(F)F)cc2C(N2Cc3ccccc3C2=O)C1O. The van der Waals surface area contributed by atoms with Gasteiger partial charge in [-0.3, -0.25) is 4.79 Å². The molecule has 160 valence electrons. The van der Waals surface area contributed by atoms with E-state index in [0.29, 0.717) is 11.1 Å². The molecule has 2 aliphatic heterocycles. The predicted octanol–water partition coefficient (Wildman–Crippen LogP) is 3.21. The molecule has 10 heteroatoms. The van der Waals surface area contributed by atoms with Gasteiger partial charge in [0.1, 0.15) is 17.5 Å². The van der Waals surface area contributed by atoms with Crippen molar-refractivity contribution in [1.29, 1.82) is 0 Å². The summed E-state index contributed by atoms with van der Waals surface area (Å²) in [5.74, 6) is -0.289. The van der Waals surface area contributed by atoms with Crippen molar-refractivity contribution in [2.24, 2.45) is 0 Å². The van der Waals surface area contributed by atoms with Gasteiger partial charge in [-0.15, -0.1) is 0 Å². The second-order valence-corrected chi connectivity index (χ2v) is 9.78. The fraction of sp³-hybridized carbons (Fsp3) is 0.350. The lowest BCUT2D eigenvalue weighted by atomic mass is 9.85. The van der Waals surface area contributed by atoms with Gasteiger partial charge in [-0.2, -0.15) is 13.2 Å². The van der Waals surface area contributed by atoms with Crippen LogP contribution in [0.5, 0.6) is 5.75 Å². The molecule has 0 saturated carbocycles. The van der Waals surface area contributed by atoms with Gasteiger partial charge in [0, 0.05) is 17.7 Å². The van der Waals surface area contributed by atoms with Crippen LogP contribution in [0.1, 0.15) is 41.4 Å². The summed E-state index contributed by atoms with van der Waals surface area (Å²) in [5, 5.41) is 11.0. The fourth-order valence-corrected chi connectivity index (χ4v) is 4.68. The highest BCUT2D eigenvalue weighted by molar-refractivity contribution is 7.92. The number of rotatable bonds is 2. The topological polar surface area (TPSA) is 83.9 Å². The van der Waals surface area contributed by atoms with E-state index in [0.717, 1.165) is 18.2 Å². The van der Waals surface area contributed by atoms with Gasteiger partial charge in [0.2, 0.25) is 0 Å². The molecule has 0 bridgehead atoms. The van der Waals surface area contributed by atoms with Crippen LogP contribution in [0, 0.1) is 0 Å². The third-order valence-electron chi connectivity index (χ3n) is 5.48. The van der Waals surface area contributed by atoms with Gasteiger partial charge in [-0.1, -0.05) is 18.2 Å². The molecule has 0 fully saturated rings. The summed E-state index contributed by atoms with van der Waals surface area (Å²) in [6.45, 7) is 3.30. The average molecular weight is 441 g/mol. The Morgan fingerprint density at radius 2 is 1.83 bits per heavy atom. The molecule has 6 nitrogen and oxygen atoms in total. The number of carbonyl (C=O) groups is 1. The molecule has 2 aliphatic rings. The monoisotopic (exact) mass is 441 g/mol. The zero-order valence-electron chi connectivity index (χ0n) is 16.0. The minimum Gasteiger partial charge on any atom is -0.485 e. The van der Waals surface area contributed by atoms with Crippen LogP contribution in [0.4, 0.5) is 13.2 Å². The Labute approximate surface area is 170 Å². The number of hydrogen-bond acceptors (Lipinski definition) is 5. The first-order valence-electron chi connectivity index (χ1n) is 9.06. The summed E-state index contributed by atoms with van der Waals surface area (Å²) in [7, 11) is -5.61. The number of fused-ring (bicyclic) bond motifs is 2. The average Bonchev–Trinajstić information content (AvgIpc) is 2.98. The van der Waals surface area contributed by atoms with Crippen molar-refractivity contribution in [3.8, 4) is 5.75 Å². The van der Waals surface area contributed by atoms with Crippen LogP contribution in [0.3, 0.4) is 0 Å². The number of aliphatic hydroxyl groups excluding tert-OH is 1. The van der Waals surface area contributed by atoms with Crippen molar-refractivity contribution in [1.82, 2.24) is 4.90 Å². The molecule has 0 aliphatic carbocycles. The van der Waals surface area contributed by atoms with Gasteiger partial charge >= 0.3 is 5.51 Å². The highest BCUT2D eigenvalue weighted by Gasteiger charge is 2.51. The summed E-state index contributed by atoms with van der Waals surface area (Å²) >= 11 is 0. The van der Waals surface area contributed by atoms with E-state index in [1.165, 1.54) is 4.90 Å². The lowest BCUT2D eigenvalue weighted by molar-refractivity contribution is -0.0869. The lowest BCUT2D eigenvalue weighted by Crippen LogP contribution is -2.53. The van der Waals surface area contributed by atoms with Gasteiger partial charge in [0.25, 0.3) is 15.7 Å². The molecule has 1 N–H and O–H groups in total. The molecule has 0 saturated heterocycles. The van der Waals surface area contributed by atoms with E-state index in [2.05, 4.69) is 0 Å². The molecule has 30 heavy (non-hydrogen) atoms. The molecular formula is C20H18F3NO5S. The minimum absolute atomic E-state index is 0.00769. The van der Waals surface area contributed by atoms with E-state index in [1.807, 2.05) is 0 Å². The molecule has 1 amide bonds. The zero-order valence-corrected chi connectivity index (χ0v) is 16.8. The van der Waals surface area contributed by atoms with Gasteiger partial charge in [-0.05, 0) is 43.7 Å². The van der Waals surface area contributed by atoms with Crippen molar-refractivity contribution in [3.05, 3.63) is 59.2 Å². The Kier molecular flexibility index (Phi) is 4.45. The second-order valence-electron chi connectivity index (χ2n) is 7.83. The fourth-order valence-electron chi connectivity index (χ4n) is 3.89. The summed E-state index contributed by atoms with van der Waals surface area (Å²) in [6.07, 6.45) is -1.31. The number of hydrogen-bond donors (Lipinski definition) is 1. The maximum absolute atomic E-state index is 13.1. The van der Waals surface area contributed by atoms with E-state index in [1.54, 1.807) is 38.1 Å². The maximum atomic E-state index is 13.1. The van der Waals surface area contributed by atoms with Crippen LogP contribution < -0.4 is 4.74 Å². The predicted molar refractivity (Wildman–Crippen MR) is 99.5 cm³/mol. The number of carbonyl (C=O) groups excluding carboxylic acids is 1. The number of sulfone groups is 1. The summed E-state index contributed by atoms with van der Waals surface area (Å²) < 4.78 is 68.7. The molecule has 0 aromatic heterocycles. The van der Waals surface area contributed by atoms with Gasteiger partial charge in [0.05, 0.1) is 10.9 Å². The van der Waals surface area contributed by atoms with Crippen molar-refractivity contribution in [2.45, 2.75) is 48.5 Å². The highest BCUT2D eigenvalue weighted by atomic mass is 32.2. The lowest BCUT2D eigenvalue weighted by Gasteiger charge is -2.45. The van der Waals surface area contributed by atoms with Gasteiger partial charge < -0.3 is 14.7 Å². The second kappa shape index (κ2) is 6.45. The summed E-state index contributed by atoms with van der Waals surface area (Å²) in [5.41, 5.74) is -5.51. The number of halogens is 3. The first kappa shape index (κ1) is 20.7. The van der Waals surface area contributed by atoms with Crippen LogP contribution >= 0.6 is 0 Å². The van der Waals surface area contributed by atoms with Crippen LogP contribution in [-0.2, 0) is 16.4 Å². The number of amides is 1. The normalized spacial score (nSPS) is 23.0. The zero-order chi connectivity index (χ0) is 22.1. The van der Waals surface area contributed by atoms with Crippen molar-refractivity contribution in [2.75, 3.05) is 0 Å². The van der Waals surface area contributed by atoms with Crippen LogP contribution in [0.15, 0.2) is 47.4 Å². The van der Waals surface area contributed by atoms with Crippen LogP contribution in [0.25, 0.3) is 0 Å². The number of alkyl halides is 3. The van der Waals surface area contributed by atoms with Crippen molar-refractivity contribution >= 4 is 15.7 Å². The molecule has 0 spiro atoms. The molecule has 0 radical (unpaired) electrons. The van der Waals surface area contributed by atoms with E-state index < -0.39 is 43.9 Å². The number of ether oxygens (including phenoxy) is 1. The number of nitrogens with zero attached hydrogens (tertiary/aromatic N) is 1. The molecule has 4 rings (SSSR count). The van der Waals surface area contributed by atoms with E-state index in [4.69, 9.17) is 4.74 Å². The Hall–Kier alpha value is -2.59. The Bertz CT molecular complexity index is 1140. The van der Waals surface area contributed by atoms with Crippen LogP contribution in [0.2, 0.25) is 0 Å². The first-order valence-corrected chi connectivity index (χ1v) is 10.5. The standard InChI is InChI=1S/C20H18F3NO5S/c1-19(2)17(25)16(24-10-11-5-3-4-6-13(11)18(24)26)14-9-12(7-8-15(14)29-19)30(27,28)20(21,22)23/h3-9,16-17,25H,10H2,1-2H3. The van der Waals surface area contributed by atoms with E-state index in [-0.39, 0.29) is 17.9 Å². The summed E-state index contributed by atoms with van der Waals surface area (Å²) in [4.78, 5) is 13.3. The van der Waals surface area contributed by atoms with E-state index >= 15 is 0 Å². The first-order chi connectivity index (χ1) is 13.8. The third kappa shape index (κ3) is 2.97. The molecule has 2 heterocycles. The Morgan fingerprint density at radius 1 is 1.17 bits per heavy atom. The Morgan fingerprint density at radius 3 is 2.47 bits per heavy atom. The summed E-state index contributed by atoms with van der Waals surface area (Å²) in [6, 6.07) is 8.49. The quantitative estimate of drug-likeness (QED) is 0.774. The number of benzene rings is 2. The van der Waals surface area contributed by atoms with Gasteiger partial charge in [-0.25, -0.2) is 8.42 Å². The van der Waals surface area contributed by atoms with Crippen LogP contribution in [-0.4, -0.2) is 41.5 Å². The maximum Gasteiger partial charge on any atom is 0.501 e. The third-order valence-corrected chi connectivity index (χ3v) is 6.97. The molecule has 2 atom stereocenters. The van der Waals surface area contributed by atoms with Gasteiger partial charge in [0.15, 0.2) is 0 Å². The molecular weight excluding hydrogens is 423 g/mol. The molecule has 2 unspecified atom stereocenters. The van der Waals surface area contributed by atoms with Crippen molar-refractivity contribution in [3.63, 3.8) is 0 Å². The largest absolute Gasteiger partial charge is 0.501 e. The van der Waals surface area contributed by atoms with Crippen molar-refractivity contribution < 1.29 is 36.2 Å². The Balaban J connectivity index is 1.86. The smallest absolute Gasteiger partial charge is 0.485 e.